The number of halogens is 1. The number of aliphatic hydroxyl groups excluding tert-OH is 1. The lowest BCUT2D eigenvalue weighted by molar-refractivity contribution is -0.0422. The highest BCUT2D eigenvalue weighted by atomic mass is 35.5. The predicted octanol–water partition coefficient (Wildman–Crippen LogP) is 0.416. The highest BCUT2D eigenvalue weighted by molar-refractivity contribution is 6.36. The number of hydrogen-bond acceptors (Lipinski definition) is 6. The lowest BCUT2D eigenvalue weighted by Gasteiger charge is -2.37. The van der Waals surface area contributed by atoms with Gasteiger partial charge in [0.1, 0.15) is 5.82 Å². The van der Waals surface area contributed by atoms with E-state index in [-0.39, 0.29) is 24.7 Å². The van der Waals surface area contributed by atoms with E-state index in [0.29, 0.717) is 29.5 Å². The molecular formula is C12H17ClN4O3. The molecule has 0 bridgehead atoms. The average molecular weight is 301 g/mol. The van der Waals surface area contributed by atoms with Gasteiger partial charge in [-0.1, -0.05) is 16.8 Å². The van der Waals surface area contributed by atoms with Crippen LogP contribution >= 0.6 is 11.6 Å². The van der Waals surface area contributed by atoms with Crippen molar-refractivity contribution in [1.29, 1.82) is 0 Å². The van der Waals surface area contributed by atoms with Crippen molar-refractivity contribution in [2.45, 2.75) is 19.1 Å². The Morgan fingerprint density at radius 1 is 1.65 bits per heavy atom. The van der Waals surface area contributed by atoms with E-state index < -0.39 is 0 Å². The van der Waals surface area contributed by atoms with Crippen LogP contribution < -0.4 is 10.6 Å². The number of ether oxygens (including phenoxy) is 1. The molecule has 8 heteroatoms. The normalized spacial score (nSPS) is 23.9. The summed E-state index contributed by atoms with van der Waals surface area (Å²) in [5.74, 6) is 0.461. The predicted molar refractivity (Wildman–Crippen MR) is 75.4 cm³/mol. The number of amidine groups is 1. The first-order chi connectivity index (χ1) is 9.56. The van der Waals surface area contributed by atoms with Gasteiger partial charge in [0, 0.05) is 24.8 Å². The molecule has 1 aliphatic heterocycles. The molecule has 0 radical (unpaired) electrons. The van der Waals surface area contributed by atoms with Gasteiger partial charge in [-0.25, -0.2) is 4.98 Å². The number of hydrogen-bond donors (Lipinski definition) is 3. The molecule has 0 spiro atoms. The fourth-order valence-corrected chi connectivity index (χ4v) is 2.55. The van der Waals surface area contributed by atoms with Gasteiger partial charge in [0.05, 0.1) is 23.8 Å². The summed E-state index contributed by atoms with van der Waals surface area (Å²) in [7, 11) is 0. The number of aromatic nitrogens is 1. The van der Waals surface area contributed by atoms with Gasteiger partial charge < -0.3 is 25.7 Å². The maximum atomic E-state index is 9.25. The molecule has 0 aliphatic carbocycles. The number of nitrogens with zero attached hydrogens (tertiary/aromatic N) is 3. The van der Waals surface area contributed by atoms with Gasteiger partial charge >= 0.3 is 0 Å². The monoisotopic (exact) mass is 300 g/mol. The van der Waals surface area contributed by atoms with Crippen LogP contribution in [0.1, 0.15) is 12.5 Å². The van der Waals surface area contributed by atoms with E-state index in [9.17, 15) is 5.11 Å². The molecule has 1 fully saturated rings. The Labute approximate surface area is 121 Å². The molecule has 2 atom stereocenters. The fraction of sp³-hybridized carbons (Fsp3) is 0.500. The van der Waals surface area contributed by atoms with E-state index in [1.807, 2.05) is 11.8 Å². The molecule has 7 nitrogen and oxygen atoms in total. The van der Waals surface area contributed by atoms with Crippen molar-refractivity contribution in [3.8, 4) is 0 Å². The second-order valence-corrected chi connectivity index (χ2v) is 5.02. The van der Waals surface area contributed by atoms with Gasteiger partial charge in [0.2, 0.25) is 0 Å². The maximum absolute atomic E-state index is 9.25. The van der Waals surface area contributed by atoms with Gasteiger partial charge in [-0.2, -0.15) is 0 Å². The standard InChI is InChI=1S/C12H17ClN4O3/c1-7-4-17(5-8(6-18)20-7)12-10(13)9(2-3-15-12)11(14)16-19/h2-3,7-8,18-19H,4-6H2,1H3,(H2,14,16). The molecule has 110 valence electrons. The Morgan fingerprint density at radius 3 is 3.05 bits per heavy atom. The third-order valence-corrected chi connectivity index (χ3v) is 3.46. The number of pyridine rings is 1. The van der Waals surface area contributed by atoms with Gasteiger partial charge in [0.25, 0.3) is 0 Å². The third-order valence-electron chi connectivity index (χ3n) is 3.08. The van der Waals surface area contributed by atoms with Crippen LogP contribution in [0, 0.1) is 0 Å². The molecule has 1 aromatic rings. The van der Waals surface area contributed by atoms with Crippen LogP contribution in [0.15, 0.2) is 17.4 Å². The zero-order chi connectivity index (χ0) is 14.7. The topological polar surface area (TPSA) is 104 Å². The van der Waals surface area contributed by atoms with E-state index in [0.717, 1.165) is 0 Å². The van der Waals surface area contributed by atoms with Crippen LogP contribution in [-0.4, -0.2) is 53.0 Å². The minimum Gasteiger partial charge on any atom is -0.409 e. The van der Waals surface area contributed by atoms with E-state index >= 15 is 0 Å². The lowest BCUT2D eigenvalue weighted by atomic mass is 10.2. The molecule has 2 rings (SSSR count). The summed E-state index contributed by atoms with van der Waals surface area (Å²) in [6.07, 6.45) is 1.21. The second-order valence-electron chi connectivity index (χ2n) is 4.64. The summed E-state index contributed by atoms with van der Waals surface area (Å²) in [4.78, 5) is 6.17. The molecule has 1 aromatic heterocycles. The molecule has 2 heterocycles. The Morgan fingerprint density at radius 2 is 2.40 bits per heavy atom. The highest BCUT2D eigenvalue weighted by Crippen LogP contribution is 2.29. The fourth-order valence-electron chi connectivity index (χ4n) is 2.22. The quantitative estimate of drug-likeness (QED) is 0.323. The van der Waals surface area contributed by atoms with Crippen LogP contribution in [0.25, 0.3) is 0 Å². The molecule has 0 amide bonds. The van der Waals surface area contributed by atoms with Crippen LogP contribution in [0.4, 0.5) is 5.82 Å². The number of rotatable bonds is 3. The first-order valence-electron chi connectivity index (χ1n) is 6.20. The zero-order valence-corrected chi connectivity index (χ0v) is 11.8. The summed E-state index contributed by atoms with van der Waals surface area (Å²) in [5, 5.41) is 21.3. The summed E-state index contributed by atoms with van der Waals surface area (Å²) >= 11 is 6.27. The SMILES string of the molecule is CC1CN(c2nccc(/C(N)=N/O)c2Cl)CC(CO)O1. The van der Waals surface area contributed by atoms with E-state index in [1.54, 1.807) is 12.3 Å². The van der Waals surface area contributed by atoms with Crippen molar-refractivity contribution in [3.63, 3.8) is 0 Å². The van der Waals surface area contributed by atoms with Crippen molar-refractivity contribution in [2.75, 3.05) is 24.6 Å². The number of oxime groups is 1. The van der Waals surface area contributed by atoms with Crippen LogP contribution in [0.3, 0.4) is 0 Å². The Hall–Kier alpha value is -1.57. The van der Waals surface area contributed by atoms with Gasteiger partial charge in [0.15, 0.2) is 5.84 Å². The minimum absolute atomic E-state index is 0.0497. The summed E-state index contributed by atoms with van der Waals surface area (Å²) < 4.78 is 5.57. The number of aliphatic hydroxyl groups is 1. The third kappa shape index (κ3) is 2.95. The van der Waals surface area contributed by atoms with Gasteiger partial charge in [-0.3, -0.25) is 0 Å². The summed E-state index contributed by atoms with van der Waals surface area (Å²) in [5.41, 5.74) is 5.99. The zero-order valence-electron chi connectivity index (χ0n) is 11.0. The van der Waals surface area contributed by atoms with E-state index in [1.165, 1.54) is 0 Å². The van der Waals surface area contributed by atoms with Crippen molar-refractivity contribution < 1.29 is 15.1 Å². The summed E-state index contributed by atoms with van der Waals surface area (Å²) in [6, 6.07) is 1.58. The molecule has 1 aliphatic rings. The smallest absolute Gasteiger partial charge is 0.171 e. The van der Waals surface area contributed by atoms with Crippen molar-refractivity contribution in [1.82, 2.24) is 4.98 Å². The first-order valence-corrected chi connectivity index (χ1v) is 6.58. The number of nitrogens with two attached hydrogens (primary N) is 1. The number of morpholine rings is 1. The van der Waals surface area contributed by atoms with E-state index in [2.05, 4.69) is 10.1 Å². The van der Waals surface area contributed by atoms with Crippen LogP contribution in [0.2, 0.25) is 5.02 Å². The largest absolute Gasteiger partial charge is 0.409 e. The Bertz CT molecular complexity index is 511. The Kier molecular flexibility index (Phi) is 4.64. The summed E-state index contributed by atoms with van der Waals surface area (Å²) in [6.45, 7) is 2.92. The molecule has 2 unspecified atom stereocenters. The van der Waals surface area contributed by atoms with Gasteiger partial charge in [-0.15, -0.1) is 0 Å². The molecule has 1 saturated heterocycles. The van der Waals surface area contributed by atoms with E-state index in [4.69, 9.17) is 27.3 Å². The maximum Gasteiger partial charge on any atom is 0.171 e. The number of anilines is 1. The average Bonchev–Trinajstić information content (AvgIpc) is 2.46. The second kappa shape index (κ2) is 6.25. The molecule has 0 saturated carbocycles. The molecular weight excluding hydrogens is 284 g/mol. The lowest BCUT2D eigenvalue weighted by Crippen LogP contribution is -2.48. The molecule has 0 aromatic carbocycles. The highest BCUT2D eigenvalue weighted by Gasteiger charge is 2.27. The van der Waals surface area contributed by atoms with Crippen molar-refractivity contribution in [2.24, 2.45) is 10.9 Å². The molecule has 4 N–H and O–H groups in total. The van der Waals surface area contributed by atoms with Crippen molar-refractivity contribution in [3.05, 3.63) is 22.8 Å². The minimum atomic E-state index is -0.288. The Balaban J connectivity index is 2.33. The van der Waals surface area contributed by atoms with Gasteiger partial charge in [-0.05, 0) is 13.0 Å². The van der Waals surface area contributed by atoms with Crippen LogP contribution in [-0.2, 0) is 4.74 Å². The van der Waals surface area contributed by atoms with Crippen LogP contribution in [0.5, 0.6) is 0 Å². The first kappa shape index (κ1) is 14.8. The molecule has 20 heavy (non-hydrogen) atoms. The van der Waals surface area contributed by atoms with Crippen molar-refractivity contribution >= 4 is 23.3 Å².